The molecule has 4 nitrogen and oxygen atoms in total. The van der Waals surface area contributed by atoms with Gasteiger partial charge in [0.25, 0.3) is 5.91 Å². The number of allylic oxidation sites excluding steroid dienone is 3. The van der Waals surface area contributed by atoms with Crippen molar-refractivity contribution < 1.29 is 28.2 Å². The molecule has 0 saturated carbocycles. The van der Waals surface area contributed by atoms with E-state index in [0.717, 1.165) is 55.4 Å². The average Bonchev–Trinajstić information content (AvgIpc) is 2.78. The van der Waals surface area contributed by atoms with E-state index in [0.29, 0.717) is 12.0 Å². The highest BCUT2D eigenvalue weighted by Crippen LogP contribution is 2.48. The lowest BCUT2D eigenvalue weighted by atomic mass is 9.73. The normalized spacial score (nSPS) is 18.0. The molecule has 0 spiro atoms. The molecule has 0 aliphatic heterocycles. The highest BCUT2D eigenvalue weighted by molar-refractivity contribution is 6.07. The maximum absolute atomic E-state index is 13.4. The van der Waals surface area contributed by atoms with E-state index < -0.39 is 17.6 Å². The van der Waals surface area contributed by atoms with Crippen molar-refractivity contribution in [2.24, 2.45) is 5.92 Å². The standard InChI is InChI=1S/C29H34F3NO3/c1-5-6-7-8-19-16-24(34)26(23-15-18(4)9-14-22(23)17(2)3)27(35)25(19)28(36)33-21-12-10-20(11-13-21)29(30,31)32/h10-13,15-16,22-23,34-35H,2,5-9,14H2,1,3-4H3,(H,33,36). The number of hydrogen-bond acceptors (Lipinski definition) is 3. The SMILES string of the molecule is C=C(C)C1CCC(C)=CC1c1c(O)cc(CCCCC)c(C(=O)Nc2ccc(C(F)(F)F)cc2)c1O. The number of carbonyl (C=O) groups is 1. The van der Waals surface area contributed by atoms with Crippen LogP contribution in [0.2, 0.25) is 0 Å². The monoisotopic (exact) mass is 501 g/mol. The van der Waals surface area contributed by atoms with E-state index >= 15 is 0 Å². The van der Waals surface area contributed by atoms with Crippen molar-refractivity contribution in [3.8, 4) is 11.5 Å². The van der Waals surface area contributed by atoms with Crippen LogP contribution in [-0.4, -0.2) is 16.1 Å². The van der Waals surface area contributed by atoms with Crippen LogP contribution >= 0.6 is 0 Å². The summed E-state index contributed by atoms with van der Waals surface area (Å²) in [4.78, 5) is 13.4. The summed E-state index contributed by atoms with van der Waals surface area (Å²) >= 11 is 0. The van der Waals surface area contributed by atoms with Gasteiger partial charge in [-0.2, -0.15) is 13.2 Å². The third kappa shape index (κ3) is 6.12. The number of hydrogen-bond donors (Lipinski definition) is 3. The summed E-state index contributed by atoms with van der Waals surface area (Å²) in [5.41, 5.74) is 2.21. The van der Waals surface area contributed by atoms with Gasteiger partial charge in [-0.25, -0.2) is 0 Å². The lowest BCUT2D eigenvalue weighted by Crippen LogP contribution is -2.20. The Balaban J connectivity index is 2.06. The van der Waals surface area contributed by atoms with Crippen molar-refractivity contribution in [2.45, 2.75) is 71.4 Å². The quantitative estimate of drug-likeness (QED) is 0.253. The number of nitrogens with one attached hydrogen (secondary N) is 1. The minimum absolute atomic E-state index is 0.0118. The van der Waals surface area contributed by atoms with Crippen molar-refractivity contribution in [1.82, 2.24) is 0 Å². The fraction of sp³-hybridized carbons (Fsp3) is 0.414. The molecule has 2 atom stereocenters. The topological polar surface area (TPSA) is 69.6 Å². The van der Waals surface area contributed by atoms with Crippen LogP contribution in [0.15, 0.2) is 54.1 Å². The first-order chi connectivity index (χ1) is 16.9. The first kappa shape index (κ1) is 27.4. The molecule has 2 aromatic carbocycles. The van der Waals surface area contributed by atoms with Crippen LogP contribution in [0.5, 0.6) is 11.5 Å². The Hall–Kier alpha value is -3.22. The minimum atomic E-state index is -4.48. The summed E-state index contributed by atoms with van der Waals surface area (Å²) in [6.07, 6.45) is 2.30. The molecule has 0 aromatic heterocycles. The number of benzene rings is 2. The van der Waals surface area contributed by atoms with E-state index in [2.05, 4.69) is 11.9 Å². The fourth-order valence-corrected chi connectivity index (χ4v) is 4.91. The van der Waals surface area contributed by atoms with Gasteiger partial charge in [-0.3, -0.25) is 4.79 Å². The lowest BCUT2D eigenvalue weighted by molar-refractivity contribution is -0.137. The van der Waals surface area contributed by atoms with E-state index in [1.165, 1.54) is 12.1 Å². The van der Waals surface area contributed by atoms with Crippen LogP contribution in [0.4, 0.5) is 18.9 Å². The smallest absolute Gasteiger partial charge is 0.416 e. The molecular formula is C29H34F3NO3. The molecule has 1 aliphatic rings. The molecule has 0 heterocycles. The molecule has 194 valence electrons. The highest BCUT2D eigenvalue weighted by Gasteiger charge is 2.33. The summed E-state index contributed by atoms with van der Waals surface area (Å²) in [7, 11) is 0. The van der Waals surface area contributed by atoms with E-state index in [9.17, 15) is 28.2 Å². The first-order valence-electron chi connectivity index (χ1n) is 12.3. The van der Waals surface area contributed by atoms with Crippen LogP contribution in [-0.2, 0) is 12.6 Å². The van der Waals surface area contributed by atoms with Crippen molar-refractivity contribution in [3.63, 3.8) is 0 Å². The second-order valence-electron chi connectivity index (χ2n) is 9.71. The molecule has 1 amide bonds. The Morgan fingerprint density at radius 3 is 2.42 bits per heavy atom. The van der Waals surface area contributed by atoms with Gasteiger partial charge in [-0.15, -0.1) is 0 Å². The van der Waals surface area contributed by atoms with Gasteiger partial charge in [-0.1, -0.05) is 43.6 Å². The zero-order chi connectivity index (χ0) is 26.6. The van der Waals surface area contributed by atoms with Gasteiger partial charge in [0.1, 0.15) is 11.5 Å². The molecule has 0 bridgehead atoms. The van der Waals surface area contributed by atoms with Gasteiger partial charge >= 0.3 is 6.18 Å². The van der Waals surface area contributed by atoms with Gasteiger partial charge in [0.05, 0.1) is 11.1 Å². The van der Waals surface area contributed by atoms with Gasteiger partial charge in [0, 0.05) is 17.2 Å². The number of halogens is 3. The van der Waals surface area contributed by atoms with Crippen LogP contribution in [0.1, 0.15) is 85.8 Å². The molecular weight excluding hydrogens is 467 g/mol. The van der Waals surface area contributed by atoms with E-state index in [1.807, 2.05) is 26.8 Å². The zero-order valence-electron chi connectivity index (χ0n) is 21.0. The number of amides is 1. The Kier molecular flexibility index (Phi) is 8.54. The van der Waals surface area contributed by atoms with Crippen LogP contribution in [0, 0.1) is 5.92 Å². The molecule has 3 N–H and O–H groups in total. The van der Waals surface area contributed by atoms with Gasteiger partial charge in [-0.05, 0) is 81.3 Å². The molecule has 1 aliphatic carbocycles. The van der Waals surface area contributed by atoms with Crippen LogP contribution in [0.3, 0.4) is 0 Å². The molecule has 0 fully saturated rings. The summed E-state index contributed by atoms with van der Waals surface area (Å²) < 4.78 is 38.8. The second kappa shape index (κ2) is 11.2. The van der Waals surface area contributed by atoms with Crippen molar-refractivity contribution in [2.75, 3.05) is 5.32 Å². The largest absolute Gasteiger partial charge is 0.507 e. The fourth-order valence-electron chi connectivity index (χ4n) is 4.91. The number of aromatic hydroxyl groups is 2. The maximum Gasteiger partial charge on any atom is 0.416 e. The maximum atomic E-state index is 13.4. The number of aryl methyl sites for hydroxylation is 1. The van der Waals surface area contributed by atoms with E-state index in [-0.39, 0.29) is 40.1 Å². The second-order valence-corrected chi connectivity index (χ2v) is 9.71. The third-order valence-electron chi connectivity index (χ3n) is 6.86. The molecule has 3 rings (SSSR count). The highest BCUT2D eigenvalue weighted by atomic mass is 19.4. The van der Waals surface area contributed by atoms with Crippen LogP contribution < -0.4 is 5.32 Å². The Labute approximate surface area is 210 Å². The lowest BCUT2D eigenvalue weighted by Gasteiger charge is -2.32. The Morgan fingerprint density at radius 1 is 1.17 bits per heavy atom. The van der Waals surface area contributed by atoms with Gasteiger partial charge < -0.3 is 15.5 Å². The summed E-state index contributed by atoms with van der Waals surface area (Å²) in [5, 5.41) is 25.0. The Bertz CT molecular complexity index is 1150. The van der Waals surface area contributed by atoms with Crippen molar-refractivity contribution in [1.29, 1.82) is 0 Å². The minimum Gasteiger partial charge on any atom is -0.507 e. The number of unbranched alkanes of at least 4 members (excludes halogenated alkanes) is 2. The number of phenols is 2. The third-order valence-corrected chi connectivity index (χ3v) is 6.86. The number of rotatable bonds is 8. The molecule has 2 aromatic rings. The number of anilines is 1. The molecule has 0 radical (unpaired) electrons. The van der Waals surface area contributed by atoms with Crippen molar-refractivity contribution >= 4 is 11.6 Å². The molecule has 2 unspecified atom stereocenters. The number of carbonyl (C=O) groups excluding carboxylic acids is 1. The zero-order valence-corrected chi connectivity index (χ0v) is 21.0. The van der Waals surface area contributed by atoms with E-state index in [1.54, 1.807) is 6.07 Å². The van der Waals surface area contributed by atoms with Crippen molar-refractivity contribution in [3.05, 3.63) is 76.4 Å². The number of alkyl halides is 3. The summed E-state index contributed by atoms with van der Waals surface area (Å²) in [6, 6.07) is 5.69. The first-order valence-corrected chi connectivity index (χ1v) is 12.3. The average molecular weight is 502 g/mol. The van der Waals surface area contributed by atoms with Gasteiger partial charge in [0.2, 0.25) is 0 Å². The predicted molar refractivity (Wildman–Crippen MR) is 136 cm³/mol. The summed E-state index contributed by atoms with van der Waals surface area (Å²) in [5.74, 6) is -1.37. The van der Waals surface area contributed by atoms with Gasteiger partial charge in [0.15, 0.2) is 0 Å². The predicted octanol–water partition coefficient (Wildman–Crippen LogP) is 8.12. The molecule has 0 saturated heterocycles. The Morgan fingerprint density at radius 2 is 1.83 bits per heavy atom. The molecule has 36 heavy (non-hydrogen) atoms. The molecule has 7 heteroatoms. The number of phenolic OH excluding ortho intramolecular Hbond substituents is 2. The van der Waals surface area contributed by atoms with E-state index in [4.69, 9.17) is 0 Å². The summed E-state index contributed by atoms with van der Waals surface area (Å²) in [6.45, 7) is 10.0. The van der Waals surface area contributed by atoms with Crippen LogP contribution in [0.25, 0.3) is 0 Å².